The van der Waals surface area contributed by atoms with Crippen LogP contribution in [0.4, 0.5) is 0 Å². The van der Waals surface area contributed by atoms with Crippen molar-refractivity contribution in [1.82, 2.24) is 15.5 Å². The minimum Gasteiger partial charge on any atom is -0.357 e. The van der Waals surface area contributed by atoms with Gasteiger partial charge in [0.2, 0.25) is 0 Å². The lowest BCUT2D eigenvalue weighted by Gasteiger charge is -2.25. The second kappa shape index (κ2) is 10.9. The molecule has 0 aliphatic carbocycles. The average Bonchev–Trinajstić information content (AvgIpc) is 2.63. The number of nitrogens with one attached hydrogen (secondary N) is 2. The van der Waals surface area contributed by atoms with Gasteiger partial charge in [-0.3, -0.25) is 4.99 Å². The van der Waals surface area contributed by atoms with Gasteiger partial charge in [0.1, 0.15) is 0 Å². The average molecular weight is 445 g/mol. The topological polar surface area (TPSA) is 73.8 Å². The minimum absolute atomic E-state index is 0.0329. The molecule has 0 atom stereocenters. The van der Waals surface area contributed by atoms with Crippen LogP contribution >= 0.6 is 15.9 Å². The van der Waals surface area contributed by atoms with Crippen LogP contribution in [0.1, 0.15) is 26.2 Å². The van der Waals surface area contributed by atoms with Crippen molar-refractivity contribution in [3.63, 3.8) is 0 Å². The summed E-state index contributed by atoms with van der Waals surface area (Å²) >= 11 is 3.32. The number of halogens is 1. The summed E-state index contributed by atoms with van der Waals surface area (Å²) in [5.74, 6) is 0.709. The van der Waals surface area contributed by atoms with Crippen molar-refractivity contribution < 1.29 is 8.42 Å². The third-order valence-electron chi connectivity index (χ3n) is 4.32. The number of likely N-dealkylation sites (tertiary alicyclic amines) is 1. The van der Waals surface area contributed by atoms with Gasteiger partial charge < -0.3 is 15.5 Å². The van der Waals surface area contributed by atoms with E-state index in [0.29, 0.717) is 17.4 Å². The summed E-state index contributed by atoms with van der Waals surface area (Å²) < 4.78 is 25.6. The molecular formula is C18H29BrN4O2S. The fourth-order valence-electron chi connectivity index (χ4n) is 2.89. The molecular weight excluding hydrogens is 416 g/mol. The highest BCUT2D eigenvalue weighted by atomic mass is 79.9. The lowest BCUT2D eigenvalue weighted by molar-refractivity contribution is 0.235. The Morgan fingerprint density at radius 2 is 1.85 bits per heavy atom. The van der Waals surface area contributed by atoms with Crippen LogP contribution in [-0.4, -0.2) is 64.3 Å². The molecule has 1 heterocycles. The maximum atomic E-state index is 12.4. The SMILES string of the molecule is CCNC(=NCCN1CCCCC1)NCCS(=O)(=O)c1ccc(Br)cc1. The quantitative estimate of drug-likeness (QED) is 0.475. The molecule has 0 unspecified atom stereocenters. The van der Waals surface area contributed by atoms with Crippen LogP contribution < -0.4 is 10.6 Å². The molecule has 6 nitrogen and oxygen atoms in total. The molecule has 146 valence electrons. The first-order valence-corrected chi connectivity index (χ1v) is 11.7. The molecule has 0 amide bonds. The maximum absolute atomic E-state index is 12.4. The van der Waals surface area contributed by atoms with Crippen LogP contribution in [0.5, 0.6) is 0 Å². The number of hydrogen-bond donors (Lipinski definition) is 2. The van der Waals surface area contributed by atoms with Gasteiger partial charge in [-0.15, -0.1) is 0 Å². The van der Waals surface area contributed by atoms with Crippen molar-refractivity contribution in [1.29, 1.82) is 0 Å². The predicted molar refractivity (Wildman–Crippen MR) is 110 cm³/mol. The number of nitrogens with zero attached hydrogens (tertiary/aromatic N) is 2. The van der Waals surface area contributed by atoms with Gasteiger partial charge in [0, 0.05) is 24.1 Å². The number of aliphatic imine (C=N–C) groups is 1. The van der Waals surface area contributed by atoms with E-state index in [9.17, 15) is 8.42 Å². The van der Waals surface area contributed by atoms with E-state index in [4.69, 9.17) is 0 Å². The molecule has 1 aliphatic rings. The lowest BCUT2D eigenvalue weighted by Crippen LogP contribution is -2.40. The Labute approximate surface area is 165 Å². The summed E-state index contributed by atoms with van der Waals surface area (Å²) in [6.07, 6.45) is 3.88. The molecule has 0 aromatic heterocycles. The van der Waals surface area contributed by atoms with E-state index in [0.717, 1.165) is 37.2 Å². The molecule has 1 aromatic carbocycles. The number of guanidine groups is 1. The van der Waals surface area contributed by atoms with Gasteiger partial charge in [0.05, 0.1) is 17.2 Å². The Morgan fingerprint density at radius 1 is 1.15 bits per heavy atom. The van der Waals surface area contributed by atoms with Gasteiger partial charge in [-0.05, 0) is 57.1 Å². The minimum atomic E-state index is -3.30. The van der Waals surface area contributed by atoms with Gasteiger partial charge >= 0.3 is 0 Å². The molecule has 1 saturated heterocycles. The highest BCUT2D eigenvalue weighted by Gasteiger charge is 2.14. The normalized spacial score (nSPS) is 16.5. The summed E-state index contributed by atoms with van der Waals surface area (Å²) in [7, 11) is -3.30. The molecule has 26 heavy (non-hydrogen) atoms. The van der Waals surface area contributed by atoms with Gasteiger partial charge in [-0.25, -0.2) is 8.42 Å². The van der Waals surface area contributed by atoms with Gasteiger partial charge in [0.15, 0.2) is 15.8 Å². The molecule has 2 N–H and O–H groups in total. The standard InChI is InChI=1S/C18H29BrN4O2S/c1-2-20-18(21-10-14-23-12-4-3-5-13-23)22-11-15-26(24,25)17-8-6-16(19)7-9-17/h6-9H,2-5,10-15H2,1H3,(H2,20,21,22). The molecule has 8 heteroatoms. The van der Waals surface area contributed by atoms with Crippen LogP contribution in [0, 0.1) is 0 Å². The Bertz CT molecular complexity index is 671. The van der Waals surface area contributed by atoms with E-state index in [1.165, 1.54) is 19.3 Å². The molecule has 0 saturated carbocycles. The van der Waals surface area contributed by atoms with Crippen LogP contribution in [0.15, 0.2) is 38.6 Å². The molecule has 1 aliphatic heterocycles. The second-order valence-corrected chi connectivity index (χ2v) is 9.39. The smallest absolute Gasteiger partial charge is 0.191 e. The number of benzene rings is 1. The summed E-state index contributed by atoms with van der Waals surface area (Å²) in [6, 6.07) is 6.73. The first-order valence-electron chi connectivity index (χ1n) is 9.24. The van der Waals surface area contributed by atoms with E-state index < -0.39 is 9.84 Å². The Morgan fingerprint density at radius 3 is 2.50 bits per heavy atom. The predicted octanol–water partition coefficient (Wildman–Crippen LogP) is 2.26. The zero-order valence-electron chi connectivity index (χ0n) is 15.4. The number of piperidine rings is 1. The Balaban J connectivity index is 1.81. The summed E-state index contributed by atoms with van der Waals surface area (Å²) in [5.41, 5.74) is 0. The maximum Gasteiger partial charge on any atom is 0.191 e. The Kier molecular flexibility index (Phi) is 8.87. The molecule has 0 spiro atoms. The molecule has 0 bridgehead atoms. The number of sulfone groups is 1. The third-order valence-corrected chi connectivity index (χ3v) is 6.58. The largest absolute Gasteiger partial charge is 0.357 e. The van der Waals surface area contributed by atoms with E-state index in [-0.39, 0.29) is 5.75 Å². The van der Waals surface area contributed by atoms with E-state index in [2.05, 4.69) is 36.5 Å². The third kappa shape index (κ3) is 7.25. The molecule has 0 radical (unpaired) electrons. The van der Waals surface area contributed by atoms with Crippen molar-refractivity contribution in [2.45, 2.75) is 31.1 Å². The van der Waals surface area contributed by atoms with Crippen molar-refractivity contribution >= 4 is 31.7 Å². The summed E-state index contributed by atoms with van der Waals surface area (Å²) in [4.78, 5) is 7.34. The van der Waals surface area contributed by atoms with Gasteiger partial charge in [-0.1, -0.05) is 22.4 Å². The fraction of sp³-hybridized carbons (Fsp3) is 0.611. The number of rotatable bonds is 8. The second-order valence-electron chi connectivity index (χ2n) is 6.36. The zero-order chi connectivity index (χ0) is 18.8. The van der Waals surface area contributed by atoms with Crippen LogP contribution in [0.2, 0.25) is 0 Å². The van der Waals surface area contributed by atoms with E-state index in [1.807, 2.05) is 6.92 Å². The van der Waals surface area contributed by atoms with Crippen molar-refractivity contribution in [2.24, 2.45) is 4.99 Å². The number of hydrogen-bond acceptors (Lipinski definition) is 4. The highest BCUT2D eigenvalue weighted by molar-refractivity contribution is 9.10. The molecule has 2 rings (SSSR count). The first kappa shape index (κ1) is 21.2. The van der Waals surface area contributed by atoms with Crippen molar-refractivity contribution in [3.8, 4) is 0 Å². The molecule has 1 fully saturated rings. The lowest BCUT2D eigenvalue weighted by atomic mass is 10.1. The van der Waals surface area contributed by atoms with Crippen molar-refractivity contribution in [2.75, 3.05) is 45.0 Å². The summed E-state index contributed by atoms with van der Waals surface area (Å²) in [5, 5.41) is 6.30. The van der Waals surface area contributed by atoms with Crippen LogP contribution in [-0.2, 0) is 9.84 Å². The van der Waals surface area contributed by atoms with E-state index in [1.54, 1.807) is 24.3 Å². The van der Waals surface area contributed by atoms with Gasteiger partial charge in [-0.2, -0.15) is 0 Å². The monoisotopic (exact) mass is 444 g/mol. The molecule has 1 aromatic rings. The Hall–Kier alpha value is -1.12. The zero-order valence-corrected chi connectivity index (χ0v) is 17.8. The highest BCUT2D eigenvalue weighted by Crippen LogP contribution is 2.15. The van der Waals surface area contributed by atoms with Crippen LogP contribution in [0.25, 0.3) is 0 Å². The van der Waals surface area contributed by atoms with Crippen molar-refractivity contribution in [3.05, 3.63) is 28.7 Å². The fourth-order valence-corrected chi connectivity index (χ4v) is 4.31. The van der Waals surface area contributed by atoms with E-state index >= 15 is 0 Å². The first-order chi connectivity index (χ1) is 12.5. The van der Waals surface area contributed by atoms with Crippen LogP contribution in [0.3, 0.4) is 0 Å². The summed E-state index contributed by atoms with van der Waals surface area (Å²) in [6.45, 7) is 7.06. The van der Waals surface area contributed by atoms with Gasteiger partial charge in [0.25, 0.3) is 0 Å².